The molecule has 0 unspecified atom stereocenters. The topological polar surface area (TPSA) is 63.6 Å². The molecule has 0 saturated heterocycles. The van der Waals surface area contributed by atoms with Crippen LogP contribution >= 0.6 is 0 Å². The van der Waals surface area contributed by atoms with Gasteiger partial charge in [-0.2, -0.15) is 8.42 Å². The van der Waals surface area contributed by atoms with E-state index in [1.54, 1.807) is 0 Å². The van der Waals surface area contributed by atoms with Crippen molar-refractivity contribution in [2.24, 2.45) is 0 Å². The highest BCUT2D eigenvalue weighted by Gasteiger charge is 2.14. The highest BCUT2D eigenvalue weighted by atomic mass is 32.3. The molecule has 1 aromatic rings. The first kappa shape index (κ1) is 10.9. The van der Waals surface area contributed by atoms with E-state index in [0.717, 1.165) is 0 Å². The molecule has 1 rings (SSSR count). The molecule has 0 atom stereocenters. The summed E-state index contributed by atoms with van der Waals surface area (Å²) in [6, 6.07) is 1.23. The highest BCUT2D eigenvalue weighted by molar-refractivity contribution is 7.81. The van der Waals surface area contributed by atoms with Gasteiger partial charge in [0, 0.05) is 17.7 Å². The third-order valence-electron chi connectivity index (χ3n) is 1.46. The summed E-state index contributed by atoms with van der Waals surface area (Å²) in [5.74, 6) is -2.53. The predicted octanol–water partition coefficient (Wildman–Crippen LogP) is 1.45. The van der Waals surface area contributed by atoms with Crippen LogP contribution in [0.5, 0.6) is 5.75 Å². The summed E-state index contributed by atoms with van der Waals surface area (Å²) in [5.41, 5.74) is -0.205. The second-order valence-electron chi connectivity index (χ2n) is 2.52. The summed E-state index contributed by atoms with van der Waals surface area (Å²) in [6.07, 6.45) is 0. The Morgan fingerprint density at radius 1 is 1.36 bits per heavy atom. The molecule has 14 heavy (non-hydrogen) atoms. The minimum atomic E-state index is -4.77. The van der Waals surface area contributed by atoms with E-state index in [2.05, 4.69) is 4.18 Å². The first-order chi connectivity index (χ1) is 6.29. The van der Waals surface area contributed by atoms with Crippen LogP contribution in [0.2, 0.25) is 0 Å². The van der Waals surface area contributed by atoms with E-state index < -0.39 is 27.8 Å². The Balaban J connectivity index is 3.22. The lowest BCUT2D eigenvalue weighted by atomic mass is 10.2. The maximum absolute atomic E-state index is 12.8. The van der Waals surface area contributed by atoms with E-state index in [9.17, 15) is 17.2 Å². The molecule has 0 bridgehead atoms. The molecule has 0 fully saturated rings. The summed E-state index contributed by atoms with van der Waals surface area (Å²) in [7, 11) is -4.77. The molecule has 0 aliphatic rings. The summed E-state index contributed by atoms with van der Waals surface area (Å²) in [5, 5.41) is 0. The smallest absolute Gasteiger partial charge is 0.361 e. The molecule has 4 nitrogen and oxygen atoms in total. The number of rotatable bonds is 2. The van der Waals surface area contributed by atoms with Gasteiger partial charge in [-0.1, -0.05) is 0 Å². The molecule has 0 aliphatic carbocycles. The summed E-state index contributed by atoms with van der Waals surface area (Å²) in [6.45, 7) is 1.19. The average Bonchev–Trinajstić information content (AvgIpc) is 1.96. The van der Waals surface area contributed by atoms with Crippen LogP contribution in [0.1, 0.15) is 5.56 Å². The highest BCUT2D eigenvalue weighted by Crippen LogP contribution is 2.23. The second kappa shape index (κ2) is 3.50. The summed E-state index contributed by atoms with van der Waals surface area (Å²) < 4.78 is 58.2. The zero-order chi connectivity index (χ0) is 10.9. The first-order valence-corrected chi connectivity index (χ1v) is 4.78. The van der Waals surface area contributed by atoms with Crippen molar-refractivity contribution in [3.63, 3.8) is 0 Å². The van der Waals surface area contributed by atoms with E-state index in [-0.39, 0.29) is 5.56 Å². The van der Waals surface area contributed by atoms with Crippen LogP contribution < -0.4 is 4.18 Å². The molecule has 7 heteroatoms. The van der Waals surface area contributed by atoms with Crippen molar-refractivity contribution in [3.05, 3.63) is 29.3 Å². The van der Waals surface area contributed by atoms with Crippen molar-refractivity contribution in [1.82, 2.24) is 0 Å². The zero-order valence-electron chi connectivity index (χ0n) is 6.99. The molecule has 0 aliphatic heterocycles. The van der Waals surface area contributed by atoms with Crippen LogP contribution in [0.3, 0.4) is 0 Å². The minimum absolute atomic E-state index is 0.205. The molecule has 1 N–H and O–H groups in total. The van der Waals surface area contributed by atoms with E-state index in [1.807, 2.05) is 0 Å². The maximum atomic E-state index is 12.8. The van der Waals surface area contributed by atoms with Gasteiger partial charge in [-0.15, -0.1) is 0 Å². The lowest BCUT2D eigenvalue weighted by Crippen LogP contribution is -2.08. The molecule has 0 heterocycles. The molecule has 0 aromatic heterocycles. The van der Waals surface area contributed by atoms with Gasteiger partial charge < -0.3 is 4.18 Å². The SMILES string of the molecule is Cc1c(F)cc(F)cc1OS(=O)(=O)O. The van der Waals surface area contributed by atoms with Gasteiger partial charge >= 0.3 is 10.4 Å². The van der Waals surface area contributed by atoms with Crippen molar-refractivity contribution in [3.8, 4) is 5.75 Å². The fourth-order valence-corrected chi connectivity index (χ4v) is 1.22. The van der Waals surface area contributed by atoms with Gasteiger partial charge in [-0.25, -0.2) is 8.78 Å². The Hall–Kier alpha value is -1.21. The van der Waals surface area contributed by atoms with Gasteiger partial charge in [-0.3, -0.25) is 4.55 Å². The molecule has 0 radical (unpaired) electrons. The Morgan fingerprint density at radius 2 is 1.93 bits per heavy atom. The fourth-order valence-electron chi connectivity index (χ4n) is 0.822. The molecular weight excluding hydrogens is 218 g/mol. The number of halogens is 2. The largest absolute Gasteiger partial charge is 0.446 e. The zero-order valence-corrected chi connectivity index (χ0v) is 7.81. The quantitative estimate of drug-likeness (QED) is 0.772. The molecule has 0 spiro atoms. The standard InChI is InChI=1S/C7H6F2O4S/c1-4-6(9)2-5(8)3-7(4)13-14(10,11)12/h2-3H,1H3,(H,10,11,12). The minimum Gasteiger partial charge on any atom is -0.361 e. The molecule has 78 valence electrons. The summed E-state index contributed by atoms with van der Waals surface area (Å²) in [4.78, 5) is 0. The van der Waals surface area contributed by atoms with Gasteiger partial charge in [0.1, 0.15) is 11.6 Å². The predicted molar refractivity (Wildman–Crippen MR) is 43.3 cm³/mol. The van der Waals surface area contributed by atoms with Crippen LogP contribution in [0.15, 0.2) is 12.1 Å². The van der Waals surface area contributed by atoms with Gasteiger partial charge in [0.05, 0.1) is 0 Å². The third kappa shape index (κ3) is 2.64. The second-order valence-corrected chi connectivity index (χ2v) is 3.54. The molecule has 0 amide bonds. The lowest BCUT2D eigenvalue weighted by molar-refractivity contribution is 0.383. The van der Waals surface area contributed by atoms with Crippen LogP contribution in [0.25, 0.3) is 0 Å². The fraction of sp³-hybridized carbons (Fsp3) is 0.143. The van der Waals surface area contributed by atoms with Crippen molar-refractivity contribution in [2.45, 2.75) is 6.92 Å². The Kier molecular flexibility index (Phi) is 2.72. The molecule has 1 aromatic carbocycles. The lowest BCUT2D eigenvalue weighted by Gasteiger charge is -2.05. The normalized spacial score (nSPS) is 11.4. The van der Waals surface area contributed by atoms with E-state index >= 15 is 0 Å². The Morgan fingerprint density at radius 3 is 2.43 bits per heavy atom. The van der Waals surface area contributed by atoms with Crippen molar-refractivity contribution < 1.29 is 25.9 Å². The van der Waals surface area contributed by atoms with Crippen LogP contribution in [-0.4, -0.2) is 13.0 Å². The van der Waals surface area contributed by atoms with E-state index in [1.165, 1.54) is 6.92 Å². The average molecular weight is 224 g/mol. The van der Waals surface area contributed by atoms with Crippen molar-refractivity contribution in [2.75, 3.05) is 0 Å². The number of benzene rings is 1. The number of hydrogen-bond acceptors (Lipinski definition) is 3. The first-order valence-electron chi connectivity index (χ1n) is 3.42. The Labute approximate surface area is 79.1 Å². The van der Waals surface area contributed by atoms with Crippen molar-refractivity contribution >= 4 is 10.4 Å². The monoisotopic (exact) mass is 224 g/mol. The summed E-state index contributed by atoms with van der Waals surface area (Å²) >= 11 is 0. The third-order valence-corrected chi connectivity index (χ3v) is 1.85. The van der Waals surface area contributed by atoms with Gasteiger partial charge in [0.25, 0.3) is 0 Å². The van der Waals surface area contributed by atoms with Gasteiger partial charge in [0.2, 0.25) is 0 Å². The van der Waals surface area contributed by atoms with E-state index in [4.69, 9.17) is 4.55 Å². The van der Waals surface area contributed by atoms with Gasteiger partial charge in [-0.05, 0) is 6.92 Å². The van der Waals surface area contributed by atoms with E-state index in [0.29, 0.717) is 12.1 Å². The molecular formula is C7H6F2O4S. The van der Waals surface area contributed by atoms with Crippen LogP contribution in [0, 0.1) is 18.6 Å². The van der Waals surface area contributed by atoms with Gasteiger partial charge in [0.15, 0.2) is 5.75 Å². The van der Waals surface area contributed by atoms with Crippen LogP contribution in [0.4, 0.5) is 8.78 Å². The van der Waals surface area contributed by atoms with Crippen molar-refractivity contribution in [1.29, 1.82) is 0 Å². The number of hydrogen-bond donors (Lipinski definition) is 1. The molecule has 0 saturated carbocycles. The van der Waals surface area contributed by atoms with Crippen LogP contribution in [-0.2, 0) is 10.4 Å². The Bertz CT molecular complexity index is 455. The maximum Gasteiger partial charge on any atom is 0.446 e.